The zero-order valence-electron chi connectivity index (χ0n) is 20.4. The van der Waals surface area contributed by atoms with Crippen molar-refractivity contribution in [3.05, 3.63) is 77.4 Å². The molecule has 0 radical (unpaired) electrons. The predicted molar refractivity (Wildman–Crippen MR) is 144 cm³/mol. The zero-order chi connectivity index (χ0) is 25.8. The van der Waals surface area contributed by atoms with E-state index < -0.39 is 22.7 Å². The summed E-state index contributed by atoms with van der Waals surface area (Å²) in [4.78, 5) is 27.1. The molecule has 0 spiro atoms. The van der Waals surface area contributed by atoms with Crippen molar-refractivity contribution in [1.82, 2.24) is 0 Å². The molecular formula is C28H30N2O5S. The highest BCUT2D eigenvalue weighted by molar-refractivity contribution is 7.85. The number of aromatic hydroxyl groups is 1. The summed E-state index contributed by atoms with van der Waals surface area (Å²) in [5.74, 6) is -0.371. The largest absolute Gasteiger partial charge is 0.507 e. The summed E-state index contributed by atoms with van der Waals surface area (Å²) in [5, 5.41) is 22.8. The molecule has 1 aliphatic rings. The Labute approximate surface area is 213 Å². The van der Waals surface area contributed by atoms with E-state index in [1.54, 1.807) is 24.3 Å². The van der Waals surface area contributed by atoms with E-state index in [0.29, 0.717) is 30.5 Å². The van der Waals surface area contributed by atoms with Crippen LogP contribution in [0.1, 0.15) is 40.1 Å². The monoisotopic (exact) mass is 506 g/mol. The zero-order valence-corrected chi connectivity index (χ0v) is 21.2. The van der Waals surface area contributed by atoms with E-state index in [1.165, 1.54) is 17.7 Å². The Kier molecular flexibility index (Phi) is 7.74. The first-order valence-corrected chi connectivity index (χ1v) is 13.4. The molecule has 7 nitrogen and oxygen atoms in total. The van der Waals surface area contributed by atoms with Crippen LogP contribution in [0.4, 0.5) is 11.4 Å². The van der Waals surface area contributed by atoms with E-state index >= 15 is 0 Å². The standard InChI is InChI=1S/C28H30N2O5S/c1-18(2)14-19-4-3-5-20(15-19)21-6-8-23(28(33)34)25(16-21)29-27(32)24-17-22(7-9-26(24)31)30-10-12-36(35)13-11-30/h3-9,15-18,31H,10-14H2,1-2H3,(H,29,32)(H,33,34). The number of hydrogen-bond donors (Lipinski definition) is 3. The summed E-state index contributed by atoms with van der Waals surface area (Å²) in [6.07, 6.45) is 0.924. The van der Waals surface area contributed by atoms with Gasteiger partial charge in [-0.2, -0.15) is 0 Å². The van der Waals surface area contributed by atoms with E-state index in [2.05, 4.69) is 31.3 Å². The van der Waals surface area contributed by atoms with Crippen LogP contribution in [0.25, 0.3) is 11.1 Å². The number of phenols is 1. The minimum atomic E-state index is -1.16. The lowest BCUT2D eigenvalue weighted by atomic mass is 9.97. The number of amides is 1. The number of aromatic carboxylic acids is 1. The Bertz CT molecular complexity index is 1310. The van der Waals surface area contributed by atoms with Gasteiger partial charge in [-0.25, -0.2) is 4.79 Å². The first kappa shape index (κ1) is 25.4. The molecular weight excluding hydrogens is 476 g/mol. The molecule has 8 heteroatoms. The van der Waals surface area contributed by atoms with Crippen LogP contribution in [0.3, 0.4) is 0 Å². The SMILES string of the molecule is CC(C)Cc1cccc(-c2ccc(C(=O)O)c(NC(=O)c3cc(N4CCS(=O)CC4)ccc3O)c2)c1. The minimum Gasteiger partial charge on any atom is -0.507 e. The van der Waals surface area contributed by atoms with Gasteiger partial charge in [0.1, 0.15) is 5.75 Å². The highest BCUT2D eigenvalue weighted by Crippen LogP contribution is 2.30. The fourth-order valence-corrected chi connectivity index (χ4v) is 5.40. The fourth-order valence-electron chi connectivity index (χ4n) is 4.35. The highest BCUT2D eigenvalue weighted by Gasteiger charge is 2.21. The summed E-state index contributed by atoms with van der Waals surface area (Å²) in [5.41, 5.74) is 3.77. The molecule has 3 aromatic carbocycles. The Morgan fingerprint density at radius 2 is 1.69 bits per heavy atom. The number of carboxylic acids is 1. The Balaban J connectivity index is 1.63. The molecule has 4 rings (SSSR count). The molecule has 3 aromatic rings. The molecule has 36 heavy (non-hydrogen) atoms. The molecule has 1 aliphatic heterocycles. The molecule has 0 unspecified atom stereocenters. The number of benzene rings is 3. The van der Waals surface area contributed by atoms with Crippen molar-refractivity contribution in [2.45, 2.75) is 20.3 Å². The molecule has 1 saturated heterocycles. The predicted octanol–water partition coefficient (Wildman–Crippen LogP) is 4.78. The van der Waals surface area contributed by atoms with Crippen LogP contribution < -0.4 is 10.2 Å². The summed E-state index contributed by atoms with van der Waals surface area (Å²) in [6, 6.07) is 17.7. The maximum absolute atomic E-state index is 13.2. The normalized spacial score (nSPS) is 14.1. The molecule has 0 aromatic heterocycles. The molecule has 0 atom stereocenters. The van der Waals surface area contributed by atoms with Gasteiger partial charge in [0.2, 0.25) is 0 Å². The van der Waals surface area contributed by atoms with Crippen molar-refractivity contribution >= 4 is 34.1 Å². The van der Waals surface area contributed by atoms with E-state index in [1.807, 2.05) is 17.0 Å². The number of nitrogens with zero attached hydrogens (tertiary/aromatic N) is 1. The van der Waals surface area contributed by atoms with Crippen LogP contribution in [0.15, 0.2) is 60.7 Å². The van der Waals surface area contributed by atoms with Crippen LogP contribution in [-0.4, -0.2) is 50.9 Å². The molecule has 188 valence electrons. The smallest absolute Gasteiger partial charge is 0.337 e. The number of nitrogens with one attached hydrogen (secondary N) is 1. The number of carboxylic acid groups (broad SMARTS) is 1. The summed E-state index contributed by atoms with van der Waals surface area (Å²) >= 11 is 0. The third-order valence-corrected chi connectivity index (χ3v) is 7.45. The summed E-state index contributed by atoms with van der Waals surface area (Å²) in [7, 11) is -0.836. The maximum Gasteiger partial charge on any atom is 0.337 e. The third kappa shape index (κ3) is 5.94. The van der Waals surface area contributed by atoms with Gasteiger partial charge < -0.3 is 20.4 Å². The topological polar surface area (TPSA) is 107 Å². The van der Waals surface area contributed by atoms with Gasteiger partial charge in [-0.1, -0.05) is 44.2 Å². The molecule has 0 saturated carbocycles. The third-order valence-electron chi connectivity index (χ3n) is 6.17. The van der Waals surface area contributed by atoms with Gasteiger partial charge in [-0.3, -0.25) is 9.00 Å². The summed E-state index contributed by atoms with van der Waals surface area (Å²) < 4.78 is 11.7. The number of hydrogen-bond acceptors (Lipinski definition) is 5. The number of carbonyl (C=O) groups is 2. The Morgan fingerprint density at radius 3 is 2.39 bits per heavy atom. The van der Waals surface area contributed by atoms with E-state index in [0.717, 1.165) is 23.2 Å². The lowest BCUT2D eigenvalue weighted by molar-refractivity contribution is 0.0698. The quantitative estimate of drug-likeness (QED) is 0.426. The number of carbonyl (C=O) groups excluding carboxylic acids is 1. The minimum absolute atomic E-state index is 0.0415. The average molecular weight is 507 g/mol. The molecule has 1 amide bonds. The molecule has 0 aliphatic carbocycles. The first-order chi connectivity index (χ1) is 17.2. The van der Waals surface area contributed by atoms with Gasteiger partial charge in [-0.05, 0) is 59.4 Å². The second-order valence-corrected chi connectivity index (χ2v) is 11.1. The van der Waals surface area contributed by atoms with Gasteiger partial charge in [0.05, 0.1) is 16.8 Å². The molecule has 1 fully saturated rings. The van der Waals surface area contributed by atoms with Crippen LogP contribution in [0.5, 0.6) is 5.75 Å². The van der Waals surface area contributed by atoms with Crippen LogP contribution in [0.2, 0.25) is 0 Å². The fraction of sp³-hybridized carbons (Fsp3) is 0.286. The van der Waals surface area contributed by atoms with Gasteiger partial charge in [0.15, 0.2) is 0 Å². The maximum atomic E-state index is 13.2. The van der Waals surface area contributed by atoms with Crippen LogP contribution in [-0.2, 0) is 17.2 Å². The van der Waals surface area contributed by atoms with Crippen molar-refractivity contribution < 1.29 is 24.0 Å². The van der Waals surface area contributed by atoms with Gasteiger partial charge >= 0.3 is 5.97 Å². The number of phenolic OH excluding ortho intramolecular Hbond substituents is 1. The second-order valence-electron chi connectivity index (χ2n) is 9.35. The van der Waals surface area contributed by atoms with Gasteiger partial charge in [-0.15, -0.1) is 0 Å². The Morgan fingerprint density at radius 1 is 0.972 bits per heavy atom. The van der Waals surface area contributed by atoms with Crippen molar-refractivity contribution in [1.29, 1.82) is 0 Å². The van der Waals surface area contributed by atoms with Crippen molar-refractivity contribution in [2.75, 3.05) is 34.8 Å². The van der Waals surface area contributed by atoms with E-state index in [-0.39, 0.29) is 22.6 Å². The van der Waals surface area contributed by atoms with E-state index in [4.69, 9.17) is 0 Å². The summed E-state index contributed by atoms with van der Waals surface area (Å²) in [6.45, 7) is 5.50. The van der Waals surface area contributed by atoms with Crippen LogP contribution in [0, 0.1) is 5.92 Å². The average Bonchev–Trinajstić information content (AvgIpc) is 2.84. The number of anilines is 2. The lowest BCUT2D eigenvalue weighted by Crippen LogP contribution is -2.37. The van der Waals surface area contributed by atoms with Crippen LogP contribution >= 0.6 is 0 Å². The molecule has 0 bridgehead atoms. The Hall–Kier alpha value is -3.65. The van der Waals surface area contributed by atoms with Crippen molar-refractivity contribution in [3.63, 3.8) is 0 Å². The lowest BCUT2D eigenvalue weighted by Gasteiger charge is -2.28. The number of rotatable bonds is 7. The van der Waals surface area contributed by atoms with Gasteiger partial charge in [0.25, 0.3) is 5.91 Å². The van der Waals surface area contributed by atoms with Crippen molar-refractivity contribution in [2.24, 2.45) is 5.92 Å². The highest BCUT2D eigenvalue weighted by atomic mass is 32.2. The first-order valence-electron chi connectivity index (χ1n) is 11.9. The van der Waals surface area contributed by atoms with Crippen molar-refractivity contribution in [3.8, 4) is 16.9 Å². The molecule has 3 N–H and O–H groups in total. The molecule has 1 heterocycles. The van der Waals surface area contributed by atoms with E-state index in [9.17, 15) is 24.0 Å². The second kappa shape index (κ2) is 11.0. The van der Waals surface area contributed by atoms with Gasteiger partial charge in [0, 0.05) is 41.1 Å².